The van der Waals surface area contributed by atoms with Crippen LogP contribution in [0.15, 0.2) is 72.8 Å². The first kappa shape index (κ1) is 18.3. The molecule has 4 aliphatic rings. The van der Waals surface area contributed by atoms with E-state index in [9.17, 15) is 14.7 Å². The van der Waals surface area contributed by atoms with Crippen LogP contribution in [0, 0.1) is 11.8 Å². The minimum Gasteiger partial charge on any atom is -0.508 e. The van der Waals surface area contributed by atoms with E-state index in [1.165, 1.54) is 17.0 Å². The second-order valence-electron chi connectivity index (χ2n) is 8.00. The Bertz CT molecular complexity index is 1150. The van der Waals surface area contributed by atoms with Crippen LogP contribution in [0.25, 0.3) is 0 Å². The van der Waals surface area contributed by atoms with E-state index in [4.69, 9.17) is 0 Å². The van der Waals surface area contributed by atoms with Crippen molar-refractivity contribution in [1.82, 2.24) is 0 Å². The number of aromatic hydroxyl groups is 1. The topological polar surface area (TPSA) is 57.6 Å². The zero-order valence-corrected chi connectivity index (χ0v) is 18.7. The van der Waals surface area contributed by atoms with Gasteiger partial charge in [-0.3, -0.25) is 9.59 Å². The lowest BCUT2D eigenvalue weighted by atomic mass is 9.54. The zero-order chi connectivity index (χ0) is 20.8. The van der Waals surface area contributed by atoms with Gasteiger partial charge in [-0.25, -0.2) is 4.90 Å². The third-order valence-corrected chi connectivity index (χ3v) is 9.37. The summed E-state index contributed by atoms with van der Waals surface area (Å²) in [5.41, 5.74) is 4.39. The summed E-state index contributed by atoms with van der Waals surface area (Å²) in [6.45, 7) is 0. The van der Waals surface area contributed by atoms with Crippen LogP contribution in [0.2, 0.25) is 0 Å². The van der Waals surface area contributed by atoms with Crippen molar-refractivity contribution in [2.45, 2.75) is 8.65 Å². The van der Waals surface area contributed by atoms with Gasteiger partial charge in [-0.15, -0.1) is 0 Å². The number of alkyl halides is 2. The van der Waals surface area contributed by atoms with Crippen molar-refractivity contribution < 1.29 is 14.7 Å². The van der Waals surface area contributed by atoms with Crippen LogP contribution in [0.4, 0.5) is 5.69 Å². The Labute approximate surface area is 189 Å². The fraction of sp³-hybridized carbons (Fsp3) is 0.167. The maximum absolute atomic E-state index is 13.8. The van der Waals surface area contributed by atoms with Gasteiger partial charge in [0.1, 0.15) is 5.75 Å². The number of phenols is 1. The second-order valence-corrected chi connectivity index (χ2v) is 10.5. The lowest BCUT2D eigenvalue weighted by Gasteiger charge is -2.55. The quantitative estimate of drug-likeness (QED) is 0.367. The molecule has 7 rings (SSSR count). The van der Waals surface area contributed by atoms with E-state index in [1.807, 2.05) is 48.5 Å². The van der Waals surface area contributed by atoms with Gasteiger partial charge in [0.15, 0.2) is 0 Å². The van der Waals surface area contributed by atoms with E-state index in [1.54, 1.807) is 12.1 Å². The maximum atomic E-state index is 13.8. The summed E-state index contributed by atoms with van der Waals surface area (Å²) in [6.07, 6.45) is 0. The molecule has 6 heteroatoms. The van der Waals surface area contributed by atoms with E-state index in [-0.39, 0.29) is 17.6 Å². The van der Waals surface area contributed by atoms with Gasteiger partial charge in [-0.05, 0) is 34.4 Å². The van der Waals surface area contributed by atoms with Crippen LogP contribution < -0.4 is 4.90 Å². The molecule has 1 saturated heterocycles. The molecule has 1 fully saturated rings. The van der Waals surface area contributed by atoms with Gasteiger partial charge in [0.05, 0.1) is 26.2 Å². The molecule has 3 aliphatic carbocycles. The van der Waals surface area contributed by atoms with Gasteiger partial charge in [-0.1, -0.05) is 86.5 Å². The molecule has 2 atom stereocenters. The minimum absolute atomic E-state index is 0.0135. The first-order chi connectivity index (χ1) is 14.4. The van der Waals surface area contributed by atoms with Crippen molar-refractivity contribution >= 4 is 49.4 Å². The van der Waals surface area contributed by atoms with Crippen LogP contribution in [0.1, 0.15) is 22.3 Å². The molecular formula is C24H15Br2NO3. The van der Waals surface area contributed by atoms with E-state index in [2.05, 4.69) is 31.9 Å². The summed E-state index contributed by atoms with van der Waals surface area (Å²) in [5.74, 6) is -1.74. The molecular weight excluding hydrogens is 510 g/mol. The Morgan fingerprint density at radius 2 is 1.13 bits per heavy atom. The third-order valence-electron chi connectivity index (χ3n) is 6.67. The molecule has 30 heavy (non-hydrogen) atoms. The summed E-state index contributed by atoms with van der Waals surface area (Å²) in [6, 6.07) is 22.3. The number of nitrogens with zero attached hydrogens (tertiary/aromatic N) is 1. The van der Waals surface area contributed by atoms with Gasteiger partial charge < -0.3 is 5.11 Å². The molecule has 148 valence electrons. The number of carbonyl (C=O) groups is 2. The number of anilines is 1. The molecule has 0 unspecified atom stereocenters. The predicted molar refractivity (Wildman–Crippen MR) is 120 cm³/mol. The molecule has 1 aliphatic heterocycles. The van der Waals surface area contributed by atoms with Gasteiger partial charge in [-0.2, -0.15) is 0 Å². The fourth-order valence-electron chi connectivity index (χ4n) is 5.55. The normalized spacial score (nSPS) is 30.8. The summed E-state index contributed by atoms with van der Waals surface area (Å²) in [5, 5.41) is 9.94. The predicted octanol–water partition coefficient (Wildman–Crippen LogP) is 4.80. The van der Waals surface area contributed by atoms with Crippen molar-refractivity contribution in [2.75, 3.05) is 4.90 Å². The van der Waals surface area contributed by atoms with Crippen LogP contribution in [0.5, 0.6) is 5.75 Å². The highest BCUT2D eigenvalue weighted by Gasteiger charge is 2.72. The molecule has 2 amide bonds. The number of amides is 2. The molecule has 4 nitrogen and oxygen atoms in total. The second kappa shape index (κ2) is 5.83. The summed E-state index contributed by atoms with van der Waals surface area (Å²) >= 11 is 7.95. The van der Waals surface area contributed by atoms with Crippen LogP contribution in [-0.2, 0) is 18.2 Å². The standard InChI is InChI=1S/C24H15Br2NO3/c25-23-15-8-1-2-9-16(15)24(26,18-11-4-3-10-17(18)23)20-19(23)21(29)27(22(20)30)13-6-5-7-14(28)12-13/h1-12,19-20,28H/t19-,20-,23?,24?/m0/s1. The third kappa shape index (κ3) is 1.92. The summed E-state index contributed by atoms with van der Waals surface area (Å²) in [7, 11) is 0. The van der Waals surface area contributed by atoms with Gasteiger partial charge in [0.25, 0.3) is 0 Å². The highest BCUT2D eigenvalue weighted by atomic mass is 79.9. The van der Waals surface area contributed by atoms with Crippen molar-refractivity contribution in [1.29, 1.82) is 0 Å². The number of phenolic OH excluding ortho intramolecular Hbond substituents is 1. The van der Waals surface area contributed by atoms with Gasteiger partial charge in [0.2, 0.25) is 11.8 Å². The van der Waals surface area contributed by atoms with E-state index < -0.39 is 20.5 Å². The number of rotatable bonds is 1. The van der Waals surface area contributed by atoms with E-state index in [0.717, 1.165) is 22.3 Å². The van der Waals surface area contributed by atoms with Crippen LogP contribution >= 0.6 is 31.9 Å². The molecule has 3 aromatic rings. The Morgan fingerprint density at radius 1 is 0.700 bits per heavy atom. The molecule has 0 aromatic heterocycles. The monoisotopic (exact) mass is 523 g/mol. The molecule has 1 N–H and O–H groups in total. The average molecular weight is 525 g/mol. The Kier molecular flexibility index (Phi) is 3.56. The van der Waals surface area contributed by atoms with Crippen molar-refractivity contribution in [3.8, 4) is 5.75 Å². The summed E-state index contributed by atoms with van der Waals surface area (Å²) < 4.78 is -1.61. The number of carbonyl (C=O) groups excluding carboxylic acids is 2. The Morgan fingerprint density at radius 3 is 1.53 bits per heavy atom. The van der Waals surface area contributed by atoms with Crippen LogP contribution in [0.3, 0.4) is 0 Å². The molecule has 3 aromatic carbocycles. The first-order valence-electron chi connectivity index (χ1n) is 9.64. The lowest BCUT2D eigenvalue weighted by Crippen LogP contribution is -2.56. The number of hydrogen-bond donors (Lipinski definition) is 1. The SMILES string of the molecule is O=C1[C@@H]2[C@@H](C(=O)N1c1cccc(O)c1)C1(Br)c3ccccc3C2(Br)c2ccccc21. The molecule has 0 saturated carbocycles. The largest absolute Gasteiger partial charge is 0.508 e. The molecule has 2 bridgehead atoms. The first-order valence-corrected chi connectivity index (χ1v) is 11.2. The van der Waals surface area contributed by atoms with Crippen molar-refractivity contribution in [3.05, 3.63) is 95.1 Å². The molecule has 1 heterocycles. The van der Waals surface area contributed by atoms with Gasteiger partial charge >= 0.3 is 0 Å². The fourth-order valence-corrected chi connectivity index (χ4v) is 7.86. The number of imide groups is 1. The lowest BCUT2D eigenvalue weighted by molar-refractivity contribution is -0.122. The average Bonchev–Trinajstić information content (AvgIpc) is 3.03. The van der Waals surface area contributed by atoms with Gasteiger partial charge in [0, 0.05) is 6.07 Å². The van der Waals surface area contributed by atoms with Crippen LogP contribution in [-0.4, -0.2) is 16.9 Å². The smallest absolute Gasteiger partial charge is 0.239 e. The highest BCUT2D eigenvalue weighted by molar-refractivity contribution is 9.10. The van der Waals surface area contributed by atoms with Crippen molar-refractivity contribution in [3.63, 3.8) is 0 Å². The number of halogens is 2. The summed E-state index contributed by atoms with van der Waals surface area (Å²) in [4.78, 5) is 28.8. The van der Waals surface area contributed by atoms with E-state index in [0.29, 0.717) is 5.69 Å². The molecule has 0 radical (unpaired) electrons. The number of benzene rings is 3. The highest BCUT2D eigenvalue weighted by Crippen LogP contribution is 2.70. The van der Waals surface area contributed by atoms with Crippen molar-refractivity contribution in [2.24, 2.45) is 11.8 Å². The Balaban J connectivity index is 1.67. The maximum Gasteiger partial charge on any atom is 0.239 e. The minimum atomic E-state index is -0.807. The zero-order valence-electron chi connectivity index (χ0n) is 15.5. The Hall–Kier alpha value is -2.44. The number of hydrogen-bond acceptors (Lipinski definition) is 3. The van der Waals surface area contributed by atoms with E-state index >= 15 is 0 Å². The molecule has 0 spiro atoms.